The quantitative estimate of drug-likeness (QED) is 0.595. The Balaban J connectivity index is 1.34. The van der Waals surface area contributed by atoms with Crippen LogP contribution in [0.4, 0.5) is 5.69 Å². The van der Waals surface area contributed by atoms with Crippen LogP contribution in [0, 0.1) is 0 Å². The summed E-state index contributed by atoms with van der Waals surface area (Å²) >= 11 is 0. The second-order valence-electron chi connectivity index (χ2n) is 8.63. The SMILES string of the molecule is Cn1c(CCC(=O)N2CCc3ccccc32)nc2cc(S(=O)(=O)N3CCCCC3)ccc21. The van der Waals surface area contributed by atoms with Crippen molar-refractivity contribution in [3.05, 3.63) is 53.9 Å². The number of imidazole rings is 1. The Bertz CT molecular complexity index is 1280. The molecular formula is C24H28N4O3S. The molecule has 0 unspecified atom stereocenters. The second-order valence-corrected chi connectivity index (χ2v) is 10.6. The fourth-order valence-electron chi connectivity index (χ4n) is 4.82. The number of sulfonamides is 1. The van der Waals surface area contributed by atoms with E-state index in [-0.39, 0.29) is 5.91 Å². The van der Waals surface area contributed by atoms with Crippen molar-refractivity contribution in [1.82, 2.24) is 13.9 Å². The van der Waals surface area contributed by atoms with Crippen LogP contribution in [-0.4, -0.2) is 47.8 Å². The number of hydrogen-bond acceptors (Lipinski definition) is 4. The zero-order chi connectivity index (χ0) is 22.3. The Morgan fingerprint density at radius 3 is 2.62 bits per heavy atom. The number of aromatic nitrogens is 2. The van der Waals surface area contributed by atoms with Gasteiger partial charge in [-0.15, -0.1) is 0 Å². The molecule has 32 heavy (non-hydrogen) atoms. The van der Waals surface area contributed by atoms with Crippen LogP contribution >= 0.6 is 0 Å². The van der Waals surface area contributed by atoms with Gasteiger partial charge in [0.2, 0.25) is 15.9 Å². The van der Waals surface area contributed by atoms with Gasteiger partial charge in [0, 0.05) is 45.2 Å². The first kappa shape index (κ1) is 21.2. The lowest BCUT2D eigenvalue weighted by Crippen LogP contribution is -2.35. The number of hydrogen-bond donors (Lipinski definition) is 0. The molecule has 1 fully saturated rings. The maximum atomic E-state index is 13.0. The van der Waals surface area contributed by atoms with Crippen LogP contribution in [0.25, 0.3) is 11.0 Å². The first-order valence-corrected chi connectivity index (χ1v) is 12.7. The van der Waals surface area contributed by atoms with E-state index in [2.05, 4.69) is 11.1 Å². The lowest BCUT2D eigenvalue weighted by Gasteiger charge is -2.25. The highest BCUT2D eigenvalue weighted by Crippen LogP contribution is 2.29. The average molecular weight is 453 g/mol. The predicted octanol–water partition coefficient (Wildman–Crippen LogP) is 3.27. The number of benzene rings is 2. The van der Waals surface area contributed by atoms with Gasteiger partial charge < -0.3 is 9.47 Å². The topological polar surface area (TPSA) is 75.5 Å². The maximum Gasteiger partial charge on any atom is 0.243 e. The normalized spacial score (nSPS) is 17.1. The number of para-hydroxylation sites is 1. The Morgan fingerprint density at radius 2 is 1.81 bits per heavy atom. The number of piperidine rings is 1. The second kappa shape index (κ2) is 8.33. The van der Waals surface area contributed by atoms with Gasteiger partial charge in [-0.3, -0.25) is 4.79 Å². The van der Waals surface area contributed by atoms with E-state index in [9.17, 15) is 13.2 Å². The zero-order valence-electron chi connectivity index (χ0n) is 18.3. The molecule has 1 saturated heterocycles. The minimum Gasteiger partial charge on any atom is -0.331 e. The van der Waals surface area contributed by atoms with Crippen molar-refractivity contribution in [2.45, 2.75) is 43.4 Å². The summed E-state index contributed by atoms with van der Waals surface area (Å²) in [5.74, 6) is 0.878. The first-order valence-electron chi connectivity index (χ1n) is 11.3. The summed E-state index contributed by atoms with van der Waals surface area (Å²) in [6.45, 7) is 1.88. The lowest BCUT2D eigenvalue weighted by atomic mass is 10.2. The highest BCUT2D eigenvalue weighted by molar-refractivity contribution is 7.89. The summed E-state index contributed by atoms with van der Waals surface area (Å²) in [5, 5.41) is 0. The van der Waals surface area contributed by atoms with Gasteiger partial charge in [-0.05, 0) is 49.1 Å². The van der Waals surface area contributed by atoms with E-state index < -0.39 is 10.0 Å². The number of rotatable bonds is 5. The Labute approximate surface area is 188 Å². The van der Waals surface area contributed by atoms with Crippen LogP contribution < -0.4 is 4.90 Å². The summed E-state index contributed by atoms with van der Waals surface area (Å²) < 4.78 is 29.6. The molecule has 8 heteroatoms. The maximum absolute atomic E-state index is 13.0. The summed E-state index contributed by atoms with van der Waals surface area (Å²) in [6.07, 6.45) is 4.66. The number of aryl methyl sites for hydroxylation is 2. The van der Waals surface area contributed by atoms with Crippen LogP contribution in [0.2, 0.25) is 0 Å². The molecule has 0 aliphatic carbocycles. The van der Waals surface area contributed by atoms with Crippen molar-refractivity contribution in [3.8, 4) is 0 Å². The van der Waals surface area contributed by atoms with Crippen LogP contribution in [0.1, 0.15) is 37.1 Å². The third kappa shape index (κ3) is 3.71. The minimum atomic E-state index is -3.50. The molecule has 0 saturated carbocycles. The van der Waals surface area contributed by atoms with Gasteiger partial charge in [-0.2, -0.15) is 4.31 Å². The molecule has 2 aliphatic heterocycles. The highest BCUT2D eigenvalue weighted by Gasteiger charge is 2.27. The Hall–Kier alpha value is -2.71. The van der Waals surface area contributed by atoms with Crippen molar-refractivity contribution in [3.63, 3.8) is 0 Å². The molecule has 0 N–H and O–H groups in total. The van der Waals surface area contributed by atoms with E-state index in [0.717, 1.165) is 49.3 Å². The molecule has 0 spiro atoms. The summed E-state index contributed by atoms with van der Waals surface area (Å²) in [5.41, 5.74) is 3.75. The van der Waals surface area contributed by atoms with Crippen molar-refractivity contribution < 1.29 is 13.2 Å². The largest absolute Gasteiger partial charge is 0.331 e. The molecule has 7 nitrogen and oxygen atoms in total. The van der Waals surface area contributed by atoms with E-state index in [0.29, 0.717) is 36.3 Å². The van der Waals surface area contributed by atoms with Gasteiger partial charge in [0.25, 0.3) is 0 Å². The fraction of sp³-hybridized carbons (Fsp3) is 0.417. The third-order valence-corrected chi connectivity index (χ3v) is 8.54. The van der Waals surface area contributed by atoms with Crippen LogP contribution in [0.15, 0.2) is 47.4 Å². The van der Waals surface area contributed by atoms with Gasteiger partial charge in [-0.1, -0.05) is 24.6 Å². The van der Waals surface area contributed by atoms with Gasteiger partial charge in [0.05, 0.1) is 15.9 Å². The van der Waals surface area contributed by atoms with Crippen molar-refractivity contribution >= 4 is 32.7 Å². The molecular weight excluding hydrogens is 424 g/mol. The standard InChI is InChI=1S/C24H28N4O3S/c1-26-22-10-9-19(32(30,31)27-14-5-2-6-15-27)17-20(22)25-23(26)11-12-24(29)28-16-13-18-7-3-4-8-21(18)28/h3-4,7-10,17H,2,5-6,11-16H2,1H3. The monoisotopic (exact) mass is 452 g/mol. The lowest BCUT2D eigenvalue weighted by molar-refractivity contribution is -0.118. The Morgan fingerprint density at radius 1 is 1.03 bits per heavy atom. The van der Waals surface area contributed by atoms with Crippen LogP contribution in [0.3, 0.4) is 0 Å². The molecule has 0 atom stereocenters. The highest BCUT2D eigenvalue weighted by atomic mass is 32.2. The van der Waals surface area contributed by atoms with Gasteiger partial charge in [-0.25, -0.2) is 13.4 Å². The number of nitrogens with zero attached hydrogens (tertiary/aromatic N) is 4. The third-order valence-electron chi connectivity index (χ3n) is 6.65. The summed E-state index contributed by atoms with van der Waals surface area (Å²) in [4.78, 5) is 19.7. The fourth-order valence-corrected chi connectivity index (χ4v) is 6.36. The number of carbonyl (C=O) groups excluding carboxylic acids is 1. The molecule has 0 bridgehead atoms. The van der Waals surface area contributed by atoms with Crippen LogP contribution in [-0.2, 0) is 34.7 Å². The van der Waals surface area contributed by atoms with Gasteiger partial charge in [0.15, 0.2) is 0 Å². The molecule has 5 rings (SSSR count). The molecule has 2 aliphatic rings. The zero-order valence-corrected chi connectivity index (χ0v) is 19.1. The molecule has 3 heterocycles. The van der Waals surface area contributed by atoms with E-state index >= 15 is 0 Å². The van der Waals surface area contributed by atoms with E-state index in [1.54, 1.807) is 16.4 Å². The molecule has 2 aromatic carbocycles. The molecule has 1 aromatic heterocycles. The average Bonchev–Trinajstić information content (AvgIpc) is 3.39. The number of amides is 1. The number of fused-ring (bicyclic) bond motifs is 2. The van der Waals surface area contributed by atoms with Crippen molar-refractivity contribution in [2.24, 2.45) is 7.05 Å². The molecule has 3 aromatic rings. The minimum absolute atomic E-state index is 0.0929. The van der Waals surface area contributed by atoms with Crippen LogP contribution in [0.5, 0.6) is 0 Å². The van der Waals surface area contributed by atoms with E-state index in [4.69, 9.17) is 0 Å². The molecule has 168 valence electrons. The molecule has 0 radical (unpaired) electrons. The van der Waals surface area contributed by atoms with Gasteiger partial charge in [0.1, 0.15) is 5.82 Å². The van der Waals surface area contributed by atoms with Crippen molar-refractivity contribution in [1.29, 1.82) is 0 Å². The number of carbonyl (C=O) groups is 1. The smallest absolute Gasteiger partial charge is 0.243 e. The molecule has 1 amide bonds. The Kier molecular flexibility index (Phi) is 5.51. The van der Waals surface area contributed by atoms with E-state index in [1.807, 2.05) is 40.8 Å². The van der Waals surface area contributed by atoms with Gasteiger partial charge >= 0.3 is 0 Å². The van der Waals surface area contributed by atoms with Crippen molar-refractivity contribution in [2.75, 3.05) is 24.5 Å². The summed E-state index contributed by atoms with van der Waals surface area (Å²) in [7, 11) is -1.58. The number of anilines is 1. The first-order chi connectivity index (χ1) is 15.4. The van der Waals surface area contributed by atoms with E-state index in [1.165, 1.54) is 5.56 Å². The summed E-state index contributed by atoms with van der Waals surface area (Å²) in [6, 6.07) is 13.2. The predicted molar refractivity (Wildman–Crippen MR) is 124 cm³/mol.